The summed E-state index contributed by atoms with van der Waals surface area (Å²) in [6.07, 6.45) is 2.18. The van der Waals surface area contributed by atoms with E-state index in [2.05, 4.69) is 11.9 Å². The maximum absolute atomic E-state index is 12.3. The van der Waals surface area contributed by atoms with Gasteiger partial charge in [-0.3, -0.25) is 4.79 Å². The largest absolute Gasteiger partial charge is 0.339 e. The minimum atomic E-state index is 0.0820. The number of likely N-dealkylation sites (tertiary alicyclic amines) is 1. The van der Waals surface area contributed by atoms with Crippen molar-refractivity contribution in [1.29, 1.82) is 0 Å². The quantitative estimate of drug-likeness (QED) is 0.720. The number of hydrogen-bond acceptors (Lipinski definition) is 2. The van der Waals surface area contributed by atoms with Crippen LogP contribution in [0.2, 0.25) is 5.15 Å². The SMILES string of the molecule is Cc1nc(Cl)ccc1C(=O)N1CCC(C)CC1. The van der Waals surface area contributed by atoms with Crippen molar-refractivity contribution in [2.24, 2.45) is 5.92 Å². The second-order valence-corrected chi connectivity index (χ2v) is 5.13. The Labute approximate surface area is 107 Å². The molecule has 0 radical (unpaired) electrons. The molecule has 17 heavy (non-hydrogen) atoms. The molecule has 1 aliphatic heterocycles. The highest BCUT2D eigenvalue weighted by Gasteiger charge is 2.22. The zero-order chi connectivity index (χ0) is 12.4. The minimum Gasteiger partial charge on any atom is -0.339 e. The van der Waals surface area contributed by atoms with Gasteiger partial charge >= 0.3 is 0 Å². The van der Waals surface area contributed by atoms with E-state index in [-0.39, 0.29) is 5.91 Å². The van der Waals surface area contributed by atoms with Crippen molar-refractivity contribution < 1.29 is 4.79 Å². The Morgan fingerprint density at radius 2 is 2.06 bits per heavy atom. The topological polar surface area (TPSA) is 33.2 Å². The lowest BCUT2D eigenvalue weighted by atomic mass is 9.98. The molecule has 1 saturated heterocycles. The van der Waals surface area contributed by atoms with Crippen molar-refractivity contribution in [3.63, 3.8) is 0 Å². The van der Waals surface area contributed by atoms with Gasteiger partial charge in [-0.15, -0.1) is 0 Å². The number of nitrogens with zero attached hydrogens (tertiary/aromatic N) is 2. The van der Waals surface area contributed by atoms with Gasteiger partial charge < -0.3 is 4.90 Å². The molecule has 0 bridgehead atoms. The summed E-state index contributed by atoms with van der Waals surface area (Å²) < 4.78 is 0. The van der Waals surface area contributed by atoms with E-state index in [1.54, 1.807) is 12.1 Å². The molecule has 92 valence electrons. The number of hydrogen-bond donors (Lipinski definition) is 0. The molecule has 3 nitrogen and oxygen atoms in total. The summed E-state index contributed by atoms with van der Waals surface area (Å²) >= 11 is 5.79. The molecule has 1 amide bonds. The standard InChI is InChI=1S/C13H17ClN2O/c1-9-5-7-16(8-6-9)13(17)11-3-4-12(14)15-10(11)2/h3-4,9H,5-8H2,1-2H3. The van der Waals surface area contributed by atoms with E-state index >= 15 is 0 Å². The third-order valence-corrected chi connectivity index (χ3v) is 3.56. The molecular formula is C13H17ClN2O. The molecule has 0 aliphatic carbocycles. The van der Waals surface area contributed by atoms with Gasteiger partial charge in [0.1, 0.15) is 5.15 Å². The molecule has 0 atom stereocenters. The van der Waals surface area contributed by atoms with Crippen LogP contribution >= 0.6 is 11.6 Å². The molecule has 1 fully saturated rings. The second-order valence-electron chi connectivity index (χ2n) is 4.74. The summed E-state index contributed by atoms with van der Waals surface area (Å²) in [5.74, 6) is 0.807. The van der Waals surface area contributed by atoms with Crippen LogP contribution in [-0.2, 0) is 0 Å². The smallest absolute Gasteiger partial charge is 0.255 e. The van der Waals surface area contributed by atoms with Gasteiger partial charge in [-0.2, -0.15) is 0 Å². The van der Waals surface area contributed by atoms with Crippen LogP contribution in [0.3, 0.4) is 0 Å². The Balaban J connectivity index is 2.14. The van der Waals surface area contributed by atoms with Crippen LogP contribution < -0.4 is 0 Å². The summed E-state index contributed by atoms with van der Waals surface area (Å²) in [6.45, 7) is 5.76. The predicted octanol–water partition coefficient (Wildman–Crippen LogP) is 2.92. The highest BCUT2D eigenvalue weighted by atomic mass is 35.5. The number of aromatic nitrogens is 1. The minimum absolute atomic E-state index is 0.0820. The summed E-state index contributed by atoms with van der Waals surface area (Å²) in [7, 11) is 0. The molecule has 2 heterocycles. The zero-order valence-electron chi connectivity index (χ0n) is 10.2. The Bertz CT molecular complexity index is 425. The first-order valence-electron chi connectivity index (χ1n) is 6.00. The summed E-state index contributed by atoms with van der Waals surface area (Å²) in [4.78, 5) is 18.3. The number of carbonyl (C=O) groups excluding carboxylic acids is 1. The van der Waals surface area contributed by atoms with Crippen LogP contribution in [0.1, 0.15) is 35.8 Å². The van der Waals surface area contributed by atoms with E-state index in [0.717, 1.165) is 31.8 Å². The third-order valence-electron chi connectivity index (χ3n) is 3.35. The van der Waals surface area contributed by atoms with E-state index in [0.29, 0.717) is 16.4 Å². The van der Waals surface area contributed by atoms with Gasteiger partial charge in [-0.05, 0) is 37.8 Å². The molecule has 0 aromatic carbocycles. The number of amides is 1. The Kier molecular flexibility index (Phi) is 3.67. The monoisotopic (exact) mass is 252 g/mol. The first kappa shape index (κ1) is 12.4. The van der Waals surface area contributed by atoms with Crippen LogP contribution in [0.15, 0.2) is 12.1 Å². The van der Waals surface area contributed by atoms with Crippen molar-refractivity contribution in [2.75, 3.05) is 13.1 Å². The number of halogens is 1. The lowest BCUT2D eigenvalue weighted by Gasteiger charge is -2.30. The van der Waals surface area contributed by atoms with Gasteiger partial charge in [0.25, 0.3) is 5.91 Å². The summed E-state index contributed by atoms with van der Waals surface area (Å²) in [5, 5.41) is 0.436. The van der Waals surface area contributed by atoms with Crippen LogP contribution in [-0.4, -0.2) is 28.9 Å². The van der Waals surface area contributed by atoms with E-state index < -0.39 is 0 Å². The molecule has 1 aliphatic rings. The zero-order valence-corrected chi connectivity index (χ0v) is 11.0. The first-order valence-corrected chi connectivity index (χ1v) is 6.38. The van der Waals surface area contributed by atoms with E-state index in [1.807, 2.05) is 11.8 Å². The average molecular weight is 253 g/mol. The highest BCUT2D eigenvalue weighted by molar-refractivity contribution is 6.29. The molecule has 1 aromatic heterocycles. The number of carbonyl (C=O) groups is 1. The van der Waals surface area contributed by atoms with Gasteiger partial charge in [-0.25, -0.2) is 4.98 Å². The maximum Gasteiger partial charge on any atom is 0.255 e. The number of rotatable bonds is 1. The molecule has 4 heteroatoms. The third kappa shape index (κ3) is 2.78. The fraction of sp³-hybridized carbons (Fsp3) is 0.538. The number of piperidine rings is 1. The number of pyridine rings is 1. The van der Waals surface area contributed by atoms with Crippen molar-refractivity contribution in [2.45, 2.75) is 26.7 Å². The van der Waals surface area contributed by atoms with Gasteiger partial charge in [-0.1, -0.05) is 18.5 Å². The normalized spacial score (nSPS) is 17.2. The van der Waals surface area contributed by atoms with E-state index in [9.17, 15) is 4.79 Å². The fourth-order valence-electron chi connectivity index (χ4n) is 2.14. The van der Waals surface area contributed by atoms with Gasteiger partial charge in [0, 0.05) is 13.1 Å². The lowest BCUT2D eigenvalue weighted by molar-refractivity contribution is 0.0696. The van der Waals surface area contributed by atoms with E-state index in [4.69, 9.17) is 11.6 Å². The molecule has 1 aromatic rings. The average Bonchev–Trinajstić information content (AvgIpc) is 2.29. The molecule has 0 saturated carbocycles. The summed E-state index contributed by atoms with van der Waals surface area (Å²) in [5.41, 5.74) is 1.38. The second kappa shape index (κ2) is 5.05. The van der Waals surface area contributed by atoms with Crippen molar-refractivity contribution in [3.8, 4) is 0 Å². The molecular weight excluding hydrogens is 236 g/mol. The molecule has 0 spiro atoms. The van der Waals surface area contributed by atoms with Crippen LogP contribution in [0.25, 0.3) is 0 Å². The van der Waals surface area contributed by atoms with Gasteiger partial charge in [0.05, 0.1) is 11.3 Å². The Morgan fingerprint density at radius 1 is 1.41 bits per heavy atom. The maximum atomic E-state index is 12.3. The predicted molar refractivity (Wildman–Crippen MR) is 68.3 cm³/mol. The van der Waals surface area contributed by atoms with E-state index in [1.165, 1.54) is 0 Å². The Morgan fingerprint density at radius 3 is 2.65 bits per heavy atom. The van der Waals surface area contributed by atoms with Crippen LogP contribution in [0, 0.1) is 12.8 Å². The van der Waals surface area contributed by atoms with Crippen molar-refractivity contribution in [3.05, 3.63) is 28.5 Å². The van der Waals surface area contributed by atoms with Crippen molar-refractivity contribution in [1.82, 2.24) is 9.88 Å². The highest BCUT2D eigenvalue weighted by Crippen LogP contribution is 2.19. The summed E-state index contributed by atoms with van der Waals surface area (Å²) in [6, 6.07) is 3.44. The van der Waals surface area contributed by atoms with Crippen LogP contribution in [0.4, 0.5) is 0 Å². The molecule has 0 N–H and O–H groups in total. The fourth-order valence-corrected chi connectivity index (χ4v) is 2.33. The van der Waals surface area contributed by atoms with Crippen molar-refractivity contribution >= 4 is 17.5 Å². The Hall–Kier alpha value is -1.09. The molecule has 2 rings (SSSR count). The lowest BCUT2D eigenvalue weighted by Crippen LogP contribution is -2.38. The van der Waals surface area contributed by atoms with Gasteiger partial charge in [0.15, 0.2) is 0 Å². The van der Waals surface area contributed by atoms with Gasteiger partial charge in [0.2, 0.25) is 0 Å². The first-order chi connectivity index (χ1) is 8.08. The van der Waals surface area contributed by atoms with Crippen LogP contribution in [0.5, 0.6) is 0 Å². The molecule has 0 unspecified atom stereocenters. The number of aryl methyl sites for hydroxylation is 1.